The topological polar surface area (TPSA) is 99.1 Å². The number of halogens is 2. The zero-order valence-electron chi connectivity index (χ0n) is 12.1. The molecule has 2 rings (SSSR count). The van der Waals surface area contributed by atoms with Crippen molar-refractivity contribution in [2.45, 2.75) is 0 Å². The summed E-state index contributed by atoms with van der Waals surface area (Å²) in [6.45, 7) is -0.0952. The summed E-state index contributed by atoms with van der Waals surface area (Å²) >= 11 is 9.07. The summed E-state index contributed by atoms with van der Waals surface area (Å²) in [6.07, 6.45) is 0. The highest BCUT2D eigenvalue weighted by Gasteiger charge is 2.34. The molecule has 0 saturated heterocycles. The number of phenolic OH excluding ortho intramolecular Hbond substituents is 1. The molecule has 0 spiro atoms. The second-order valence-corrected chi connectivity index (χ2v) is 5.97. The predicted molar refractivity (Wildman–Crippen MR) is 87.1 cm³/mol. The fraction of sp³-hybridized carbons (Fsp3) is 0.286. The van der Waals surface area contributed by atoms with Crippen molar-refractivity contribution in [2.75, 3.05) is 32.1 Å². The molecule has 124 valence electrons. The smallest absolute Gasteiger partial charge is 0.337 e. The molecule has 7 nitrogen and oxygen atoms in total. The molecular weight excluding hydrogens is 392 g/mol. The van der Waals surface area contributed by atoms with Crippen molar-refractivity contribution in [1.82, 2.24) is 4.90 Å². The van der Waals surface area contributed by atoms with Gasteiger partial charge in [0.15, 0.2) is 0 Å². The number of nitrogens with zero attached hydrogens (tertiary/aromatic N) is 1. The molecule has 0 saturated carbocycles. The maximum Gasteiger partial charge on any atom is 0.337 e. The monoisotopic (exact) mass is 404 g/mol. The molecule has 1 aliphatic heterocycles. The highest BCUT2D eigenvalue weighted by molar-refractivity contribution is 9.10. The van der Waals surface area contributed by atoms with Crippen LogP contribution in [0.2, 0.25) is 5.02 Å². The molecule has 9 heteroatoms. The van der Waals surface area contributed by atoms with E-state index in [0.29, 0.717) is 10.2 Å². The van der Waals surface area contributed by atoms with Crippen LogP contribution in [-0.2, 0) is 14.3 Å². The highest BCUT2D eigenvalue weighted by atomic mass is 79.9. The molecule has 1 aromatic carbocycles. The van der Waals surface area contributed by atoms with E-state index in [1.165, 1.54) is 24.1 Å². The van der Waals surface area contributed by atoms with Crippen LogP contribution in [0, 0.1) is 0 Å². The highest BCUT2D eigenvalue weighted by Crippen LogP contribution is 2.35. The van der Waals surface area contributed by atoms with Gasteiger partial charge in [0.25, 0.3) is 5.91 Å². The number of amides is 1. The van der Waals surface area contributed by atoms with Crippen molar-refractivity contribution in [3.63, 3.8) is 0 Å². The first-order chi connectivity index (χ1) is 10.9. The number of esters is 1. The van der Waals surface area contributed by atoms with Crippen molar-refractivity contribution in [1.29, 1.82) is 0 Å². The number of nitrogens with one attached hydrogen (secondary N) is 1. The van der Waals surface area contributed by atoms with Gasteiger partial charge in [0.05, 0.1) is 36.5 Å². The first kappa shape index (κ1) is 17.6. The summed E-state index contributed by atoms with van der Waals surface area (Å²) in [4.78, 5) is 25.6. The van der Waals surface area contributed by atoms with Gasteiger partial charge in [-0.15, -0.1) is 0 Å². The van der Waals surface area contributed by atoms with Gasteiger partial charge in [0, 0.05) is 17.1 Å². The Labute approximate surface area is 145 Å². The Balaban J connectivity index is 2.39. The SMILES string of the molecule is COC(=O)C1=C(Nc2cc(O)c(Cl)cc2Br)C(=O)N(CCO)C1. The molecule has 1 aliphatic rings. The molecule has 3 N–H and O–H groups in total. The minimum atomic E-state index is -0.643. The maximum absolute atomic E-state index is 12.4. The first-order valence-corrected chi connectivity index (χ1v) is 7.72. The predicted octanol–water partition coefficient (Wildman–Crippen LogP) is 1.48. The minimum Gasteiger partial charge on any atom is -0.506 e. The lowest BCUT2D eigenvalue weighted by Gasteiger charge is -2.15. The molecule has 0 radical (unpaired) electrons. The van der Waals surface area contributed by atoms with Crippen LogP contribution in [0.4, 0.5) is 5.69 Å². The third-order valence-electron chi connectivity index (χ3n) is 3.25. The number of benzene rings is 1. The molecule has 0 aliphatic carbocycles. The van der Waals surface area contributed by atoms with Crippen LogP contribution in [0.3, 0.4) is 0 Å². The van der Waals surface area contributed by atoms with Gasteiger partial charge in [-0.2, -0.15) is 0 Å². The number of hydrogen-bond acceptors (Lipinski definition) is 6. The van der Waals surface area contributed by atoms with E-state index in [0.717, 1.165) is 0 Å². The number of aliphatic hydroxyl groups excluding tert-OH is 1. The number of phenols is 1. The fourth-order valence-corrected chi connectivity index (χ4v) is 2.85. The van der Waals surface area contributed by atoms with Gasteiger partial charge in [-0.1, -0.05) is 11.6 Å². The summed E-state index contributed by atoms with van der Waals surface area (Å²) in [5.41, 5.74) is 0.544. The number of β-amino-alcohol motifs (C(OH)–C–C–N with tert-alkyl or cyclic N) is 1. The number of hydrogen-bond donors (Lipinski definition) is 3. The van der Waals surface area contributed by atoms with E-state index in [4.69, 9.17) is 16.7 Å². The summed E-state index contributed by atoms with van der Waals surface area (Å²) in [5, 5.41) is 21.7. The second-order valence-electron chi connectivity index (χ2n) is 4.70. The van der Waals surface area contributed by atoms with Crippen molar-refractivity contribution >= 4 is 45.1 Å². The van der Waals surface area contributed by atoms with Crippen molar-refractivity contribution in [3.05, 3.63) is 32.9 Å². The van der Waals surface area contributed by atoms with Crippen LogP contribution in [0.15, 0.2) is 27.9 Å². The first-order valence-electron chi connectivity index (χ1n) is 6.55. The van der Waals surface area contributed by atoms with Gasteiger partial charge in [0.2, 0.25) is 0 Å². The second kappa shape index (κ2) is 7.20. The van der Waals surface area contributed by atoms with E-state index in [-0.39, 0.29) is 41.7 Å². The lowest BCUT2D eigenvalue weighted by Crippen LogP contribution is -2.31. The van der Waals surface area contributed by atoms with Gasteiger partial charge in [-0.25, -0.2) is 4.79 Å². The van der Waals surface area contributed by atoms with E-state index in [9.17, 15) is 14.7 Å². The molecule has 1 amide bonds. The molecule has 0 bridgehead atoms. The van der Waals surface area contributed by atoms with Crippen LogP contribution in [0.1, 0.15) is 0 Å². The van der Waals surface area contributed by atoms with Crippen LogP contribution in [0.25, 0.3) is 0 Å². The van der Waals surface area contributed by atoms with E-state index < -0.39 is 11.9 Å². The van der Waals surface area contributed by atoms with Gasteiger partial charge < -0.3 is 25.2 Å². The van der Waals surface area contributed by atoms with Crippen molar-refractivity contribution in [3.8, 4) is 5.75 Å². The number of carbonyl (C=O) groups is 2. The fourth-order valence-electron chi connectivity index (χ4n) is 2.12. The largest absolute Gasteiger partial charge is 0.506 e. The Morgan fingerprint density at radius 2 is 2.22 bits per heavy atom. The average Bonchev–Trinajstić information content (AvgIpc) is 2.81. The number of rotatable bonds is 5. The number of carbonyl (C=O) groups excluding carboxylic acids is 2. The Morgan fingerprint density at radius 1 is 1.52 bits per heavy atom. The van der Waals surface area contributed by atoms with Crippen LogP contribution >= 0.6 is 27.5 Å². The Kier molecular flexibility index (Phi) is 5.51. The zero-order chi connectivity index (χ0) is 17.1. The van der Waals surface area contributed by atoms with Gasteiger partial charge in [-0.05, 0) is 22.0 Å². The summed E-state index contributed by atoms with van der Waals surface area (Å²) in [5.74, 6) is -1.26. The van der Waals surface area contributed by atoms with E-state index >= 15 is 0 Å². The number of anilines is 1. The molecule has 0 atom stereocenters. The zero-order valence-corrected chi connectivity index (χ0v) is 14.4. The van der Waals surface area contributed by atoms with E-state index in [1.54, 1.807) is 0 Å². The number of ether oxygens (including phenoxy) is 1. The average molecular weight is 406 g/mol. The number of aliphatic hydroxyl groups is 1. The third kappa shape index (κ3) is 3.60. The summed E-state index contributed by atoms with van der Waals surface area (Å²) < 4.78 is 5.19. The summed E-state index contributed by atoms with van der Waals surface area (Å²) in [7, 11) is 1.22. The van der Waals surface area contributed by atoms with Crippen LogP contribution < -0.4 is 5.32 Å². The Morgan fingerprint density at radius 3 is 2.83 bits per heavy atom. The van der Waals surface area contributed by atoms with Gasteiger partial charge in [-0.3, -0.25) is 4.79 Å². The van der Waals surface area contributed by atoms with Crippen molar-refractivity contribution < 1.29 is 24.5 Å². The lowest BCUT2D eigenvalue weighted by atomic mass is 10.2. The molecule has 0 unspecified atom stereocenters. The Hall–Kier alpha value is -1.77. The quantitative estimate of drug-likeness (QED) is 0.642. The van der Waals surface area contributed by atoms with E-state index in [2.05, 4.69) is 26.0 Å². The molecule has 23 heavy (non-hydrogen) atoms. The standard InChI is InChI=1S/C14H14BrClN2O5/c1-23-14(22)7-6-18(2-3-19)13(21)12(7)17-10-5-11(20)9(16)4-8(10)15/h4-5,17,19-20H,2-3,6H2,1H3. The summed E-state index contributed by atoms with van der Waals surface area (Å²) in [6, 6.07) is 2.79. The molecule has 0 aromatic heterocycles. The molecular formula is C14H14BrClN2O5. The lowest BCUT2D eigenvalue weighted by molar-refractivity contribution is -0.136. The molecule has 1 heterocycles. The van der Waals surface area contributed by atoms with Crippen LogP contribution in [0.5, 0.6) is 5.75 Å². The molecule has 0 fully saturated rings. The number of methoxy groups -OCH3 is 1. The van der Waals surface area contributed by atoms with E-state index in [1.807, 2.05) is 0 Å². The van der Waals surface area contributed by atoms with Gasteiger partial charge in [0.1, 0.15) is 11.4 Å². The van der Waals surface area contributed by atoms with Crippen LogP contribution in [-0.4, -0.2) is 53.8 Å². The Bertz CT molecular complexity index is 692. The maximum atomic E-state index is 12.4. The third-order valence-corrected chi connectivity index (χ3v) is 4.21. The van der Waals surface area contributed by atoms with Crippen molar-refractivity contribution in [2.24, 2.45) is 0 Å². The normalized spacial score (nSPS) is 14.4. The number of aromatic hydroxyl groups is 1. The molecule has 1 aromatic rings. The van der Waals surface area contributed by atoms with Gasteiger partial charge >= 0.3 is 5.97 Å². The minimum absolute atomic E-state index is 0.0333.